The van der Waals surface area contributed by atoms with Gasteiger partial charge in [-0.2, -0.15) is 0 Å². The molecule has 0 unspecified atom stereocenters. The summed E-state index contributed by atoms with van der Waals surface area (Å²) in [4.78, 5) is 27.5. The van der Waals surface area contributed by atoms with E-state index in [0.717, 1.165) is 36.9 Å². The van der Waals surface area contributed by atoms with Crippen LogP contribution < -0.4 is 15.6 Å². The van der Waals surface area contributed by atoms with Crippen molar-refractivity contribution in [3.63, 3.8) is 0 Å². The number of aryl methyl sites for hydroxylation is 2. The van der Waals surface area contributed by atoms with Gasteiger partial charge in [-0.05, 0) is 61.9 Å². The van der Waals surface area contributed by atoms with E-state index in [9.17, 15) is 14.0 Å². The van der Waals surface area contributed by atoms with Crippen LogP contribution >= 0.6 is 0 Å². The largest absolute Gasteiger partial charge is 0.494 e. The second kappa shape index (κ2) is 7.09. The lowest BCUT2D eigenvalue weighted by atomic mass is 9.95. The molecule has 6 heteroatoms. The Hall–Kier alpha value is -2.63. The van der Waals surface area contributed by atoms with Gasteiger partial charge in [-0.15, -0.1) is 0 Å². The van der Waals surface area contributed by atoms with E-state index in [4.69, 9.17) is 4.74 Å². The van der Waals surface area contributed by atoms with Crippen molar-refractivity contribution in [2.45, 2.75) is 38.6 Å². The van der Waals surface area contributed by atoms with Crippen LogP contribution in [0.1, 0.15) is 53.0 Å². The first kappa shape index (κ1) is 17.2. The number of pyridine rings is 1. The van der Waals surface area contributed by atoms with Crippen LogP contribution in [0.4, 0.5) is 4.39 Å². The molecule has 5 nitrogen and oxygen atoms in total. The highest BCUT2D eigenvalue weighted by molar-refractivity contribution is 5.94. The number of amides is 1. The molecule has 1 aliphatic rings. The average Bonchev–Trinajstić information content (AvgIpc) is 2.60. The van der Waals surface area contributed by atoms with E-state index >= 15 is 0 Å². The maximum atomic E-state index is 13.8. The Morgan fingerprint density at radius 1 is 1.28 bits per heavy atom. The number of benzene rings is 1. The number of aromatic nitrogens is 1. The van der Waals surface area contributed by atoms with Crippen molar-refractivity contribution in [2.24, 2.45) is 0 Å². The molecule has 0 bridgehead atoms. The minimum atomic E-state index is -0.493. The first-order chi connectivity index (χ1) is 12.0. The molecular weight excluding hydrogens is 323 g/mol. The number of nitrogens with one attached hydrogen (secondary N) is 2. The Bertz CT molecular complexity index is 860. The molecular formula is C19H21FN2O3. The summed E-state index contributed by atoms with van der Waals surface area (Å²) in [5.74, 6) is -0.806. The Balaban J connectivity index is 1.80. The lowest BCUT2D eigenvalue weighted by molar-refractivity contribution is 0.0938. The first-order valence-electron chi connectivity index (χ1n) is 8.39. The summed E-state index contributed by atoms with van der Waals surface area (Å²) in [5.41, 5.74) is 2.27. The van der Waals surface area contributed by atoms with Crippen LogP contribution in [-0.4, -0.2) is 18.0 Å². The minimum absolute atomic E-state index is 0.0986. The molecule has 2 aromatic rings. The van der Waals surface area contributed by atoms with Gasteiger partial charge in [-0.1, -0.05) is 6.07 Å². The Morgan fingerprint density at radius 2 is 2.04 bits per heavy atom. The van der Waals surface area contributed by atoms with E-state index in [2.05, 4.69) is 10.3 Å². The summed E-state index contributed by atoms with van der Waals surface area (Å²) < 4.78 is 18.7. The number of rotatable bonds is 4. The second-order valence-electron chi connectivity index (χ2n) is 6.31. The molecule has 3 rings (SSSR count). The Morgan fingerprint density at radius 3 is 2.76 bits per heavy atom. The number of fused-ring (bicyclic) bond motifs is 1. The van der Waals surface area contributed by atoms with Gasteiger partial charge >= 0.3 is 0 Å². The van der Waals surface area contributed by atoms with Crippen molar-refractivity contribution >= 4 is 5.91 Å². The third-order valence-electron chi connectivity index (χ3n) is 4.61. The molecule has 2 N–H and O–H groups in total. The van der Waals surface area contributed by atoms with Gasteiger partial charge in [0.1, 0.15) is 5.56 Å². The van der Waals surface area contributed by atoms with E-state index in [1.54, 1.807) is 19.1 Å². The van der Waals surface area contributed by atoms with E-state index in [1.807, 2.05) is 0 Å². The van der Waals surface area contributed by atoms with Gasteiger partial charge in [-0.3, -0.25) is 9.59 Å². The number of hydrogen-bond donors (Lipinski definition) is 2. The Labute approximate surface area is 145 Å². The summed E-state index contributed by atoms with van der Waals surface area (Å²) in [5, 5.41) is 2.76. The molecule has 0 radical (unpaired) electrons. The van der Waals surface area contributed by atoms with Crippen LogP contribution in [-0.2, 0) is 12.8 Å². The zero-order valence-corrected chi connectivity index (χ0v) is 14.3. The molecule has 0 spiro atoms. The van der Waals surface area contributed by atoms with Crippen LogP contribution in [0.15, 0.2) is 29.1 Å². The molecule has 0 saturated carbocycles. The van der Waals surface area contributed by atoms with E-state index in [-0.39, 0.29) is 16.9 Å². The summed E-state index contributed by atoms with van der Waals surface area (Å²) in [6.45, 7) is 1.74. The van der Waals surface area contributed by atoms with E-state index in [1.165, 1.54) is 19.2 Å². The van der Waals surface area contributed by atoms with Crippen molar-refractivity contribution in [2.75, 3.05) is 7.11 Å². The summed E-state index contributed by atoms with van der Waals surface area (Å²) in [6, 6.07) is 5.76. The highest BCUT2D eigenvalue weighted by Crippen LogP contribution is 2.22. The zero-order chi connectivity index (χ0) is 18.0. The summed E-state index contributed by atoms with van der Waals surface area (Å²) in [7, 11) is 1.39. The van der Waals surface area contributed by atoms with Crippen molar-refractivity contribution in [3.8, 4) is 5.75 Å². The lowest BCUT2D eigenvalue weighted by Gasteiger charge is -2.18. The van der Waals surface area contributed by atoms with Crippen molar-refractivity contribution in [3.05, 3.63) is 62.8 Å². The number of H-pyrrole nitrogens is 1. The number of hydrogen-bond acceptors (Lipinski definition) is 3. The number of ether oxygens (including phenoxy) is 1. The van der Waals surface area contributed by atoms with Gasteiger partial charge in [0, 0.05) is 5.69 Å². The van der Waals surface area contributed by atoms with Gasteiger partial charge in [0.05, 0.1) is 13.2 Å². The second-order valence-corrected chi connectivity index (χ2v) is 6.31. The normalized spacial score (nSPS) is 14.5. The SMILES string of the molecule is COc1ccc([C@@H](C)NC(=O)c2cc3c([nH]c2=O)CCCC3)cc1F. The molecule has 1 amide bonds. The highest BCUT2D eigenvalue weighted by Gasteiger charge is 2.19. The molecule has 1 aliphatic carbocycles. The fraction of sp³-hybridized carbons (Fsp3) is 0.368. The van der Waals surface area contributed by atoms with Crippen LogP contribution in [0.5, 0.6) is 5.75 Å². The van der Waals surface area contributed by atoms with Gasteiger partial charge in [0.15, 0.2) is 11.6 Å². The number of aromatic amines is 1. The maximum Gasteiger partial charge on any atom is 0.261 e. The van der Waals surface area contributed by atoms with E-state index in [0.29, 0.717) is 5.56 Å². The number of halogens is 1. The Kier molecular flexibility index (Phi) is 4.88. The molecule has 25 heavy (non-hydrogen) atoms. The standard InChI is InChI=1S/C19H21FN2O3/c1-11(12-7-8-17(25-2)15(20)10-12)21-18(23)14-9-13-5-3-4-6-16(13)22-19(14)24/h7-11H,3-6H2,1-2H3,(H,21,23)(H,22,24)/t11-/m1/s1. The molecule has 1 atom stereocenters. The van der Waals surface area contributed by atoms with Crippen LogP contribution in [0, 0.1) is 5.82 Å². The fourth-order valence-corrected chi connectivity index (χ4v) is 3.15. The minimum Gasteiger partial charge on any atom is -0.494 e. The van der Waals surface area contributed by atoms with Gasteiger partial charge in [0.25, 0.3) is 11.5 Å². The topological polar surface area (TPSA) is 71.2 Å². The predicted molar refractivity (Wildman–Crippen MR) is 92.5 cm³/mol. The third-order valence-corrected chi connectivity index (χ3v) is 4.61. The fourth-order valence-electron chi connectivity index (χ4n) is 3.15. The van der Waals surface area contributed by atoms with Gasteiger partial charge in [0.2, 0.25) is 0 Å². The van der Waals surface area contributed by atoms with Crippen LogP contribution in [0.3, 0.4) is 0 Å². The van der Waals surface area contributed by atoms with E-state index < -0.39 is 17.8 Å². The number of carbonyl (C=O) groups excluding carboxylic acids is 1. The van der Waals surface area contributed by atoms with Crippen molar-refractivity contribution in [1.82, 2.24) is 10.3 Å². The maximum absolute atomic E-state index is 13.8. The highest BCUT2D eigenvalue weighted by atomic mass is 19.1. The molecule has 0 fully saturated rings. The molecule has 0 saturated heterocycles. The number of carbonyl (C=O) groups is 1. The van der Waals surface area contributed by atoms with Gasteiger partial charge < -0.3 is 15.0 Å². The van der Waals surface area contributed by atoms with Gasteiger partial charge in [-0.25, -0.2) is 4.39 Å². The average molecular weight is 344 g/mol. The quantitative estimate of drug-likeness (QED) is 0.896. The monoisotopic (exact) mass is 344 g/mol. The summed E-state index contributed by atoms with van der Waals surface area (Å²) >= 11 is 0. The first-order valence-corrected chi connectivity index (χ1v) is 8.39. The lowest BCUT2D eigenvalue weighted by Crippen LogP contribution is -2.32. The van der Waals surface area contributed by atoms with Crippen molar-refractivity contribution < 1.29 is 13.9 Å². The molecule has 1 aromatic carbocycles. The third kappa shape index (κ3) is 3.57. The zero-order valence-electron chi connectivity index (χ0n) is 14.3. The molecule has 132 valence electrons. The van der Waals surface area contributed by atoms with Crippen molar-refractivity contribution in [1.29, 1.82) is 0 Å². The summed E-state index contributed by atoms with van der Waals surface area (Å²) in [6.07, 6.45) is 3.82. The number of methoxy groups -OCH3 is 1. The van der Waals surface area contributed by atoms with Crippen LogP contribution in [0.25, 0.3) is 0 Å². The smallest absolute Gasteiger partial charge is 0.261 e. The molecule has 1 aromatic heterocycles. The van der Waals surface area contributed by atoms with Crippen LogP contribution in [0.2, 0.25) is 0 Å². The predicted octanol–water partition coefficient (Wildman–Crippen LogP) is 2.89. The molecule has 1 heterocycles. The molecule has 0 aliphatic heterocycles.